The number of hydrogen-bond donors (Lipinski definition) is 0. The fourth-order valence-corrected chi connectivity index (χ4v) is 3.46. The van der Waals surface area contributed by atoms with Crippen LogP contribution in [-0.2, 0) is 4.79 Å². The molecule has 0 saturated carbocycles. The molecular formula is C14H18OSe. The summed E-state index contributed by atoms with van der Waals surface area (Å²) in [6, 6.07) is 10.4. The SMILES string of the molecule is CCCCC/C(=C\C=O)[Se]c1ccccc1. The molecule has 2 heteroatoms. The number of carbonyl (C=O) groups excluding carboxylic acids is 1. The number of carbonyl (C=O) groups is 1. The Balaban J connectivity index is 2.52. The molecule has 0 spiro atoms. The molecule has 0 fully saturated rings. The molecule has 0 bridgehead atoms. The van der Waals surface area contributed by atoms with Gasteiger partial charge in [-0.2, -0.15) is 0 Å². The quantitative estimate of drug-likeness (QED) is 0.325. The summed E-state index contributed by atoms with van der Waals surface area (Å²) < 4.78 is 2.65. The number of unbranched alkanes of at least 4 members (excludes halogenated alkanes) is 2. The molecule has 0 atom stereocenters. The van der Waals surface area contributed by atoms with Crippen LogP contribution in [0.15, 0.2) is 40.9 Å². The average Bonchev–Trinajstić information content (AvgIpc) is 2.31. The number of benzene rings is 1. The molecule has 1 rings (SSSR count). The summed E-state index contributed by atoms with van der Waals surface area (Å²) in [6.45, 7) is 2.20. The van der Waals surface area contributed by atoms with Crippen molar-refractivity contribution in [2.24, 2.45) is 0 Å². The van der Waals surface area contributed by atoms with Gasteiger partial charge in [0, 0.05) is 0 Å². The third kappa shape index (κ3) is 5.29. The molecule has 0 aliphatic heterocycles. The van der Waals surface area contributed by atoms with Crippen molar-refractivity contribution < 1.29 is 4.79 Å². The van der Waals surface area contributed by atoms with Gasteiger partial charge in [0.1, 0.15) is 0 Å². The first-order valence-corrected chi connectivity index (χ1v) is 7.45. The zero-order valence-corrected chi connectivity index (χ0v) is 11.4. The second-order valence-corrected chi connectivity index (χ2v) is 6.16. The van der Waals surface area contributed by atoms with E-state index < -0.39 is 0 Å². The van der Waals surface area contributed by atoms with Crippen molar-refractivity contribution in [1.82, 2.24) is 0 Å². The van der Waals surface area contributed by atoms with E-state index in [0.717, 1.165) is 12.7 Å². The summed E-state index contributed by atoms with van der Waals surface area (Å²) >= 11 is 0.315. The fraction of sp³-hybridized carbons (Fsp3) is 0.357. The van der Waals surface area contributed by atoms with E-state index in [9.17, 15) is 4.79 Å². The van der Waals surface area contributed by atoms with E-state index in [-0.39, 0.29) is 0 Å². The van der Waals surface area contributed by atoms with Crippen molar-refractivity contribution in [2.45, 2.75) is 32.6 Å². The van der Waals surface area contributed by atoms with E-state index in [1.165, 1.54) is 28.2 Å². The minimum absolute atomic E-state index is 0.315. The first-order valence-electron chi connectivity index (χ1n) is 5.74. The molecule has 1 aromatic carbocycles. The van der Waals surface area contributed by atoms with Crippen LogP contribution >= 0.6 is 0 Å². The van der Waals surface area contributed by atoms with Crippen LogP contribution in [0.4, 0.5) is 0 Å². The van der Waals surface area contributed by atoms with Gasteiger partial charge in [-0.15, -0.1) is 0 Å². The topological polar surface area (TPSA) is 17.1 Å². The third-order valence-corrected chi connectivity index (χ3v) is 4.60. The predicted molar refractivity (Wildman–Crippen MR) is 70.1 cm³/mol. The molecule has 86 valence electrons. The summed E-state index contributed by atoms with van der Waals surface area (Å²) in [7, 11) is 0. The van der Waals surface area contributed by atoms with Crippen LogP contribution in [0.25, 0.3) is 0 Å². The fourth-order valence-electron chi connectivity index (χ4n) is 1.43. The second kappa shape index (κ2) is 8.32. The van der Waals surface area contributed by atoms with Gasteiger partial charge >= 0.3 is 104 Å². The van der Waals surface area contributed by atoms with Crippen LogP contribution in [0.5, 0.6) is 0 Å². The molecule has 0 aliphatic carbocycles. The zero-order valence-electron chi connectivity index (χ0n) is 9.69. The second-order valence-electron chi connectivity index (χ2n) is 3.64. The Morgan fingerprint density at radius 1 is 1.25 bits per heavy atom. The Hall–Kier alpha value is -0.851. The molecule has 0 heterocycles. The molecule has 1 aromatic rings. The van der Waals surface area contributed by atoms with Crippen molar-refractivity contribution in [2.75, 3.05) is 0 Å². The van der Waals surface area contributed by atoms with Gasteiger partial charge in [-0.3, -0.25) is 0 Å². The molecule has 0 saturated heterocycles. The summed E-state index contributed by atoms with van der Waals surface area (Å²) in [5.41, 5.74) is 0. The van der Waals surface area contributed by atoms with Crippen molar-refractivity contribution >= 4 is 25.7 Å². The van der Waals surface area contributed by atoms with E-state index in [0.29, 0.717) is 15.0 Å². The molecule has 16 heavy (non-hydrogen) atoms. The summed E-state index contributed by atoms with van der Waals surface area (Å²) in [4.78, 5) is 10.6. The standard InChI is InChI=1S/C14H18OSe/c1-2-3-5-8-14(11-12-15)16-13-9-6-4-7-10-13/h4,6-7,9-12H,2-3,5,8H2,1H3/b14-11+. The summed E-state index contributed by atoms with van der Waals surface area (Å²) in [5.74, 6) is 0. The van der Waals surface area contributed by atoms with Gasteiger partial charge in [-0.05, 0) is 0 Å². The van der Waals surface area contributed by atoms with Gasteiger partial charge in [-0.25, -0.2) is 0 Å². The number of hydrogen-bond acceptors (Lipinski definition) is 1. The monoisotopic (exact) mass is 282 g/mol. The van der Waals surface area contributed by atoms with E-state index in [4.69, 9.17) is 0 Å². The summed E-state index contributed by atoms with van der Waals surface area (Å²) in [6.07, 6.45) is 7.43. The first-order chi connectivity index (χ1) is 7.86. The molecule has 0 radical (unpaired) electrons. The molecule has 1 nitrogen and oxygen atoms in total. The Kier molecular flexibility index (Phi) is 6.87. The van der Waals surface area contributed by atoms with Crippen LogP contribution in [0, 0.1) is 0 Å². The molecule has 0 amide bonds. The van der Waals surface area contributed by atoms with Gasteiger partial charge < -0.3 is 0 Å². The van der Waals surface area contributed by atoms with Gasteiger partial charge in [-0.1, -0.05) is 0 Å². The Morgan fingerprint density at radius 3 is 2.62 bits per heavy atom. The van der Waals surface area contributed by atoms with Crippen LogP contribution < -0.4 is 4.46 Å². The minimum atomic E-state index is 0.315. The maximum atomic E-state index is 10.6. The summed E-state index contributed by atoms with van der Waals surface area (Å²) in [5, 5.41) is 0. The number of rotatable bonds is 7. The van der Waals surface area contributed by atoms with Crippen LogP contribution in [0.2, 0.25) is 0 Å². The van der Waals surface area contributed by atoms with Crippen molar-refractivity contribution in [1.29, 1.82) is 0 Å². The van der Waals surface area contributed by atoms with E-state index in [1.807, 2.05) is 6.07 Å². The van der Waals surface area contributed by atoms with E-state index in [2.05, 4.69) is 31.2 Å². The molecule has 0 unspecified atom stereocenters. The van der Waals surface area contributed by atoms with E-state index in [1.54, 1.807) is 6.08 Å². The van der Waals surface area contributed by atoms with Crippen molar-refractivity contribution in [3.05, 3.63) is 40.9 Å². The van der Waals surface area contributed by atoms with Gasteiger partial charge in [0.2, 0.25) is 0 Å². The molecular weight excluding hydrogens is 263 g/mol. The Morgan fingerprint density at radius 2 is 2.00 bits per heavy atom. The normalized spacial score (nSPS) is 11.4. The average molecular weight is 281 g/mol. The van der Waals surface area contributed by atoms with Crippen molar-refractivity contribution in [3.63, 3.8) is 0 Å². The van der Waals surface area contributed by atoms with Crippen LogP contribution in [0.3, 0.4) is 0 Å². The molecule has 0 N–H and O–H groups in total. The Bertz CT molecular complexity index is 330. The number of aldehydes is 1. The zero-order chi connectivity index (χ0) is 11.6. The van der Waals surface area contributed by atoms with Crippen LogP contribution in [0.1, 0.15) is 32.6 Å². The number of allylic oxidation sites excluding steroid dienone is 2. The van der Waals surface area contributed by atoms with Gasteiger partial charge in [0.25, 0.3) is 0 Å². The Labute approximate surface area is 104 Å². The van der Waals surface area contributed by atoms with E-state index >= 15 is 0 Å². The molecule has 0 aromatic heterocycles. The third-order valence-electron chi connectivity index (χ3n) is 2.27. The first kappa shape index (κ1) is 13.2. The van der Waals surface area contributed by atoms with Gasteiger partial charge in [0.15, 0.2) is 0 Å². The van der Waals surface area contributed by atoms with Crippen LogP contribution in [-0.4, -0.2) is 21.2 Å². The maximum absolute atomic E-state index is 10.6. The predicted octanol–water partition coefficient (Wildman–Crippen LogP) is 2.68. The molecule has 0 aliphatic rings. The van der Waals surface area contributed by atoms with Crippen molar-refractivity contribution in [3.8, 4) is 0 Å². The van der Waals surface area contributed by atoms with Gasteiger partial charge in [0.05, 0.1) is 0 Å².